The molecule has 7 heteroatoms. The van der Waals surface area contributed by atoms with Crippen molar-refractivity contribution in [3.05, 3.63) is 63.9 Å². The highest BCUT2D eigenvalue weighted by molar-refractivity contribution is 5.96. The van der Waals surface area contributed by atoms with Gasteiger partial charge in [-0.15, -0.1) is 0 Å². The number of hydrogen-bond acceptors (Lipinski definition) is 5. The molecule has 3 heterocycles. The third kappa shape index (κ3) is 3.17. The molecule has 0 radical (unpaired) electrons. The van der Waals surface area contributed by atoms with Crippen molar-refractivity contribution >= 4 is 28.4 Å². The number of rotatable bonds is 2. The maximum atomic E-state index is 13.1. The van der Waals surface area contributed by atoms with Crippen molar-refractivity contribution in [2.75, 3.05) is 43.4 Å². The van der Waals surface area contributed by atoms with Gasteiger partial charge in [-0.2, -0.15) is 4.98 Å². The number of piperazine rings is 1. The van der Waals surface area contributed by atoms with Crippen LogP contribution >= 0.6 is 0 Å². The summed E-state index contributed by atoms with van der Waals surface area (Å²) >= 11 is 0. The molecule has 148 valence electrons. The molecular formula is C22H23N5O2. The second-order valence-corrected chi connectivity index (χ2v) is 7.82. The number of H-pyrrole nitrogens is 1. The largest absolute Gasteiger partial charge is 0.340 e. The Kier molecular flexibility index (Phi) is 4.32. The lowest BCUT2D eigenvalue weighted by atomic mass is 9.84. The molecule has 2 aromatic carbocycles. The predicted molar refractivity (Wildman–Crippen MR) is 114 cm³/mol. The Morgan fingerprint density at radius 3 is 2.59 bits per heavy atom. The molecule has 1 aromatic heterocycles. The van der Waals surface area contributed by atoms with Crippen molar-refractivity contribution in [3.63, 3.8) is 0 Å². The molecule has 3 aromatic rings. The third-order valence-corrected chi connectivity index (χ3v) is 5.94. The van der Waals surface area contributed by atoms with Crippen LogP contribution in [-0.2, 0) is 4.79 Å². The molecule has 5 rings (SSSR count). The molecule has 0 unspecified atom stereocenters. The van der Waals surface area contributed by atoms with Crippen molar-refractivity contribution in [1.29, 1.82) is 0 Å². The van der Waals surface area contributed by atoms with Gasteiger partial charge in [0.15, 0.2) is 0 Å². The lowest BCUT2D eigenvalue weighted by Gasteiger charge is -2.33. The van der Waals surface area contributed by atoms with E-state index in [4.69, 9.17) is 0 Å². The second kappa shape index (κ2) is 7.00. The van der Waals surface area contributed by atoms with Crippen molar-refractivity contribution in [2.24, 2.45) is 0 Å². The Morgan fingerprint density at radius 1 is 1.00 bits per heavy atom. The van der Waals surface area contributed by atoms with Gasteiger partial charge in [-0.25, -0.2) is 0 Å². The first-order valence-electron chi connectivity index (χ1n) is 9.95. The summed E-state index contributed by atoms with van der Waals surface area (Å²) in [6.45, 7) is 3.40. The highest BCUT2D eigenvalue weighted by Crippen LogP contribution is 2.37. The van der Waals surface area contributed by atoms with E-state index in [1.54, 1.807) is 0 Å². The van der Waals surface area contributed by atoms with Crippen molar-refractivity contribution in [3.8, 4) is 0 Å². The van der Waals surface area contributed by atoms with E-state index in [0.29, 0.717) is 17.3 Å². The highest BCUT2D eigenvalue weighted by atomic mass is 16.2. The zero-order valence-corrected chi connectivity index (χ0v) is 16.3. The lowest BCUT2D eigenvalue weighted by Crippen LogP contribution is -2.46. The molecule has 2 aliphatic rings. The van der Waals surface area contributed by atoms with Gasteiger partial charge in [-0.3, -0.25) is 14.6 Å². The van der Waals surface area contributed by atoms with Crippen LogP contribution in [0.3, 0.4) is 0 Å². The van der Waals surface area contributed by atoms with Crippen LogP contribution in [0, 0.1) is 0 Å². The van der Waals surface area contributed by atoms with Crippen molar-refractivity contribution < 1.29 is 4.79 Å². The minimum absolute atomic E-state index is 0.113. The smallest absolute Gasteiger partial charge is 0.258 e. The number of aromatic nitrogens is 2. The molecule has 1 saturated heterocycles. The number of nitrogens with zero attached hydrogens (tertiary/aromatic N) is 3. The number of nitrogens with one attached hydrogen (secondary N) is 2. The highest BCUT2D eigenvalue weighted by Gasteiger charge is 2.32. The third-order valence-electron chi connectivity index (χ3n) is 5.94. The first-order valence-corrected chi connectivity index (χ1v) is 9.95. The molecule has 0 spiro atoms. The average Bonchev–Trinajstić information content (AvgIpc) is 2.73. The standard InChI is InChI=1S/C22H23N5O2/c1-26-9-11-27(12-10-26)22-24-20-19(21(29)25-22)17(13-18(28)23-20)16-8-4-6-14-5-2-3-7-15(14)16/h2-8,17H,9-13H2,1H3,(H2,23,24,25,28,29)/t17-/m1/s1. The summed E-state index contributed by atoms with van der Waals surface area (Å²) in [5.41, 5.74) is 1.35. The van der Waals surface area contributed by atoms with E-state index in [9.17, 15) is 9.59 Å². The zero-order chi connectivity index (χ0) is 20.0. The molecule has 0 saturated carbocycles. The second-order valence-electron chi connectivity index (χ2n) is 7.82. The molecule has 0 aliphatic carbocycles. The van der Waals surface area contributed by atoms with E-state index in [1.165, 1.54) is 0 Å². The van der Waals surface area contributed by atoms with Crippen molar-refractivity contribution in [1.82, 2.24) is 14.9 Å². The lowest BCUT2D eigenvalue weighted by molar-refractivity contribution is -0.116. The molecule has 1 fully saturated rings. The number of fused-ring (bicyclic) bond motifs is 2. The number of hydrogen-bond donors (Lipinski definition) is 2. The van der Waals surface area contributed by atoms with Gasteiger partial charge in [-0.1, -0.05) is 42.5 Å². The summed E-state index contributed by atoms with van der Waals surface area (Å²) in [5, 5.41) is 4.98. The van der Waals surface area contributed by atoms with Crippen LogP contribution in [-0.4, -0.2) is 54.0 Å². The summed E-state index contributed by atoms with van der Waals surface area (Å²) in [7, 11) is 2.08. The van der Waals surface area contributed by atoms with Gasteiger partial charge in [-0.05, 0) is 23.4 Å². The SMILES string of the molecule is CN1CCN(c2nc3c(c(=O)[nH]2)[C@@H](c2cccc4ccccc24)CC(=O)N3)CC1. The van der Waals surface area contributed by atoms with Gasteiger partial charge in [0, 0.05) is 38.5 Å². The Hall–Kier alpha value is -3.19. The van der Waals surface area contributed by atoms with E-state index in [1.807, 2.05) is 42.5 Å². The molecular weight excluding hydrogens is 366 g/mol. The fourth-order valence-electron chi connectivity index (χ4n) is 4.35. The Labute approximate surface area is 168 Å². The molecule has 2 aliphatic heterocycles. The summed E-state index contributed by atoms with van der Waals surface area (Å²) in [6, 6.07) is 14.1. The Morgan fingerprint density at radius 2 is 1.76 bits per heavy atom. The van der Waals surface area contributed by atoms with Gasteiger partial charge >= 0.3 is 0 Å². The van der Waals surface area contributed by atoms with E-state index >= 15 is 0 Å². The molecule has 0 bridgehead atoms. The number of carbonyl (C=O) groups excluding carboxylic acids is 1. The van der Waals surface area contributed by atoms with Gasteiger partial charge < -0.3 is 15.1 Å². The maximum Gasteiger partial charge on any atom is 0.258 e. The number of benzene rings is 2. The number of aromatic amines is 1. The Bertz CT molecular complexity index is 1140. The normalized spacial score (nSPS) is 19.8. The average molecular weight is 389 g/mol. The zero-order valence-electron chi connectivity index (χ0n) is 16.3. The minimum atomic E-state index is -0.317. The number of likely N-dealkylation sites (N-methyl/N-ethyl adjacent to an activating group) is 1. The minimum Gasteiger partial charge on any atom is -0.340 e. The quantitative estimate of drug-likeness (QED) is 0.702. The molecule has 29 heavy (non-hydrogen) atoms. The number of amides is 1. The van der Waals surface area contributed by atoms with Gasteiger partial charge in [0.05, 0.1) is 5.56 Å². The van der Waals surface area contributed by atoms with Crippen LogP contribution in [0.4, 0.5) is 11.8 Å². The summed E-state index contributed by atoms with van der Waals surface area (Å²) in [5.74, 6) is 0.484. The van der Waals surface area contributed by atoms with E-state index in [2.05, 4.69) is 32.1 Å². The summed E-state index contributed by atoms with van der Waals surface area (Å²) in [6.07, 6.45) is 0.236. The first kappa shape index (κ1) is 17.9. The van der Waals surface area contributed by atoms with Crippen LogP contribution in [0.25, 0.3) is 10.8 Å². The van der Waals surface area contributed by atoms with Crippen molar-refractivity contribution in [2.45, 2.75) is 12.3 Å². The topological polar surface area (TPSA) is 81.3 Å². The van der Waals surface area contributed by atoms with Crippen LogP contribution in [0.1, 0.15) is 23.5 Å². The monoisotopic (exact) mass is 389 g/mol. The molecule has 2 N–H and O–H groups in total. The molecule has 7 nitrogen and oxygen atoms in total. The maximum absolute atomic E-state index is 13.1. The predicted octanol–water partition coefficient (Wildman–Crippen LogP) is 2.15. The molecule has 1 atom stereocenters. The van der Waals surface area contributed by atoms with Crippen LogP contribution in [0.5, 0.6) is 0 Å². The number of anilines is 2. The van der Waals surface area contributed by atoms with E-state index in [0.717, 1.165) is 42.5 Å². The summed E-state index contributed by atoms with van der Waals surface area (Å²) in [4.78, 5) is 37.6. The van der Waals surface area contributed by atoms with E-state index in [-0.39, 0.29) is 23.8 Å². The number of carbonyl (C=O) groups is 1. The molecule has 1 amide bonds. The van der Waals surface area contributed by atoms with Crippen LogP contribution < -0.4 is 15.8 Å². The van der Waals surface area contributed by atoms with Gasteiger partial charge in [0.2, 0.25) is 11.9 Å². The van der Waals surface area contributed by atoms with Crippen LogP contribution in [0.2, 0.25) is 0 Å². The van der Waals surface area contributed by atoms with Crippen LogP contribution in [0.15, 0.2) is 47.3 Å². The van der Waals surface area contributed by atoms with Gasteiger partial charge in [0.25, 0.3) is 5.56 Å². The first-order chi connectivity index (χ1) is 14.1. The fraction of sp³-hybridized carbons (Fsp3) is 0.318. The Balaban J connectivity index is 1.61. The fourth-order valence-corrected chi connectivity index (χ4v) is 4.35. The van der Waals surface area contributed by atoms with Gasteiger partial charge in [0.1, 0.15) is 5.82 Å². The van der Waals surface area contributed by atoms with E-state index < -0.39 is 0 Å². The summed E-state index contributed by atoms with van der Waals surface area (Å²) < 4.78 is 0.